The van der Waals surface area contributed by atoms with E-state index in [-0.39, 0.29) is 6.04 Å². The highest BCUT2D eigenvalue weighted by molar-refractivity contribution is 7.86. The minimum Gasteiger partial charge on any atom is -0.394 e. The summed E-state index contributed by atoms with van der Waals surface area (Å²) in [5, 5.41) is 72.1. The molecule has 0 aliphatic heterocycles. The lowest BCUT2D eigenvalue weighted by molar-refractivity contribution is -0.910. The van der Waals surface area contributed by atoms with Crippen LogP contribution in [0.5, 0.6) is 0 Å². The molecule has 0 saturated carbocycles. The molecule has 0 rings (SSSR count). The zero-order valence-electron chi connectivity index (χ0n) is 49.8. The second-order valence-electron chi connectivity index (χ2n) is 23.1. The molecule has 80 heavy (non-hydrogen) atoms. The van der Waals surface area contributed by atoms with Gasteiger partial charge in [0.25, 0.3) is 30.4 Å². The molecular weight excluding hydrogens is 1120 g/mol. The number of nitrogens with zero attached hydrogens (tertiary/aromatic N) is 1. The summed E-state index contributed by atoms with van der Waals surface area (Å²) in [6.45, 7) is -1.47. The average molecular weight is 1230 g/mol. The van der Waals surface area contributed by atoms with Crippen LogP contribution in [0.2, 0.25) is 6.04 Å². The van der Waals surface area contributed by atoms with Gasteiger partial charge in [-0.1, -0.05) is 168 Å². The van der Waals surface area contributed by atoms with Crippen molar-refractivity contribution in [3.63, 3.8) is 0 Å². The number of aliphatic hydroxyl groups is 6. The van der Waals surface area contributed by atoms with Gasteiger partial charge in [-0.05, 0) is 25.7 Å². The van der Waals surface area contributed by atoms with Crippen LogP contribution < -0.4 is 16.0 Å². The van der Waals surface area contributed by atoms with Gasteiger partial charge in [0.2, 0.25) is 0 Å². The lowest BCUT2D eigenvalue weighted by Crippen LogP contribution is -2.64. The van der Waals surface area contributed by atoms with E-state index in [2.05, 4.69) is 36.8 Å². The number of nitrogens with one attached hydrogen (secondary N) is 3. The largest absolute Gasteiger partial charge is 0.501 e. The van der Waals surface area contributed by atoms with E-state index in [0.717, 1.165) is 51.6 Å². The summed E-state index contributed by atoms with van der Waals surface area (Å²) in [5.74, 6) is -2.39. The Bertz CT molecular complexity index is 1640. The number of quaternary nitrogens is 1. The van der Waals surface area contributed by atoms with E-state index in [1.807, 2.05) is 0 Å². The van der Waals surface area contributed by atoms with E-state index >= 15 is 0 Å². The molecule has 26 heteroatoms. The number of aliphatic hydroxyl groups excluding tert-OH is 6. The van der Waals surface area contributed by atoms with Crippen molar-refractivity contribution in [3.8, 4) is 0 Å². The highest BCUT2D eigenvalue weighted by atomic mass is 32.2. The number of rotatable bonds is 61. The maximum absolute atomic E-state index is 11.7. The molecule has 0 bridgehead atoms. The predicted molar refractivity (Wildman–Crippen MR) is 318 cm³/mol. The van der Waals surface area contributed by atoms with Crippen LogP contribution in [0.15, 0.2) is 0 Å². The van der Waals surface area contributed by atoms with Crippen LogP contribution in [-0.4, -0.2) is 222 Å². The van der Waals surface area contributed by atoms with Gasteiger partial charge in [-0.25, -0.2) is 0 Å². The first kappa shape index (κ1) is 79.4. The third-order valence-electron chi connectivity index (χ3n) is 15.4. The molecule has 0 amide bonds. The summed E-state index contributed by atoms with van der Waals surface area (Å²) < 4.78 is 119. The Morgan fingerprint density at radius 3 is 0.787 bits per heavy atom. The number of unbranched alkanes of at least 4 members (excludes halogenated alkanes) is 26. The highest BCUT2D eigenvalue weighted by Gasteiger charge is 2.49. The third kappa shape index (κ3) is 41.5. The van der Waals surface area contributed by atoms with Crippen molar-refractivity contribution in [2.75, 3.05) is 123 Å². The monoisotopic (exact) mass is 1230 g/mol. The van der Waals surface area contributed by atoms with Crippen molar-refractivity contribution in [1.29, 1.82) is 0 Å². The van der Waals surface area contributed by atoms with Crippen molar-refractivity contribution < 1.29 is 87.3 Å². The first-order valence-corrected chi connectivity index (χ1v) is 37.2. The van der Waals surface area contributed by atoms with Gasteiger partial charge in [-0.3, -0.25) is 13.7 Å². The fraction of sp³-hybridized carbons (Fsp3) is 1.00. The SMILES string of the molecule is CCCCCCCCCCCCCCCC[N+](C)(CCCCCCCCCCCCCCCC)CCC[Si](OCC(CO)(CO)NCCS(=O)(=O)O)(OCC(CO)(CO)NCCS(=O)(=O)O)OCC(CO)(CO)NCCS(=O)(=O)O. The minimum absolute atomic E-state index is 0.0355. The molecule has 0 aliphatic carbocycles. The normalized spacial score (nSPS) is 13.5. The van der Waals surface area contributed by atoms with Crippen LogP contribution in [0, 0.1) is 0 Å². The standard InChI is InChI=1S/C54H116N4O18S3Si/c1-4-6-8-10-12-14-16-18-20-22-24-26-28-30-36-58(3,37-31-29-27-25-23-21-19-17-15-13-11-9-7-5-2)38-32-42-80(74-49-52(43-59,44-60)55-33-39-77(65,66)67,75-50-53(45-61,46-62)56-34-40-78(68,69)70)76-51-54(47-63,48-64)57-35-41-79(71,72)73/h55-57,59-64H,4-51H2,1-3H3,(H2-,65,66,67,68,69,70,71,72,73)/p+1. The maximum atomic E-state index is 11.7. The summed E-state index contributed by atoms with van der Waals surface area (Å²) in [5.41, 5.74) is -5.38. The highest BCUT2D eigenvalue weighted by Crippen LogP contribution is 2.27. The molecule has 22 nitrogen and oxygen atoms in total. The Hall–Kier alpha value is -0.573. The van der Waals surface area contributed by atoms with Crippen molar-refractivity contribution in [2.45, 2.75) is 223 Å². The smallest absolute Gasteiger partial charge is 0.394 e. The Morgan fingerprint density at radius 2 is 0.575 bits per heavy atom. The zero-order valence-corrected chi connectivity index (χ0v) is 53.3. The molecule has 0 aromatic carbocycles. The minimum atomic E-state index is -4.50. The molecule has 0 aromatic heterocycles. The van der Waals surface area contributed by atoms with E-state index in [4.69, 9.17) is 13.3 Å². The summed E-state index contributed by atoms with van der Waals surface area (Å²) in [7, 11) is -15.8. The molecule has 0 fully saturated rings. The topological polar surface area (TPSA) is 348 Å². The number of hydrogen-bond donors (Lipinski definition) is 12. The van der Waals surface area contributed by atoms with Gasteiger partial charge in [-0.2, -0.15) is 25.3 Å². The van der Waals surface area contributed by atoms with Gasteiger partial charge in [0.1, 0.15) is 0 Å². The van der Waals surface area contributed by atoms with Crippen molar-refractivity contribution >= 4 is 39.2 Å². The average Bonchev–Trinajstić information content (AvgIpc) is 3.40. The lowest BCUT2D eigenvalue weighted by atomic mass is 10.0. The Morgan fingerprint density at radius 1 is 0.362 bits per heavy atom. The fourth-order valence-corrected chi connectivity index (χ4v) is 13.6. The fourth-order valence-electron chi connectivity index (χ4n) is 9.72. The molecule has 0 aliphatic rings. The first-order valence-electron chi connectivity index (χ1n) is 30.4. The van der Waals surface area contributed by atoms with E-state index in [0.29, 0.717) is 17.4 Å². The van der Waals surface area contributed by atoms with Gasteiger partial charge in [0.05, 0.1) is 120 Å². The van der Waals surface area contributed by atoms with E-state index in [1.165, 1.54) is 141 Å². The molecule has 0 spiro atoms. The molecule has 0 heterocycles. The Kier molecular flexibility index (Phi) is 45.4. The van der Waals surface area contributed by atoms with Crippen LogP contribution in [0.4, 0.5) is 0 Å². The maximum Gasteiger partial charge on any atom is 0.501 e. The van der Waals surface area contributed by atoms with Crippen LogP contribution in [0.1, 0.15) is 200 Å². The molecule has 0 radical (unpaired) electrons. The Labute approximate surface area is 485 Å². The molecular formula is C54H117N4O18S3Si+. The Balaban J connectivity index is 6.85. The second kappa shape index (κ2) is 45.7. The second-order valence-corrected chi connectivity index (χ2v) is 30.5. The summed E-state index contributed by atoms with van der Waals surface area (Å²) in [6.07, 6.45) is 34.8. The van der Waals surface area contributed by atoms with E-state index in [1.54, 1.807) is 0 Å². The van der Waals surface area contributed by atoms with Crippen molar-refractivity contribution in [2.24, 2.45) is 0 Å². The lowest BCUT2D eigenvalue weighted by Gasteiger charge is -2.41. The van der Waals surface area contributed by atoms with Crippen LogP contribution >= 0.6 is 0 Å². The van der Waals surface area contributed by atoms with Crippen LogP contribution in [0.3, 0.4) is 0 Å². The van der Waals surface area contributed by atoms with E-state index in [9.17, 15) is 69.6 Å². The van der Waals surface area contributed by atoms with Gasteiger partial charge < -0.3 is 64.4 Å². The quantitative estimate of drug-likeness (QED) is 0.0157. The zero-order chi connectivity index (χ0) is 60.2. The van der Waals surface area contributed by atoms with Crippen molar-refractivity contribution in [3.05, 3.63) is 0 Å². The van der Waals surface area contributed by atoms with Gasteiger partial charge >= 0.3 is 8.80 Å². The first-order chi connectivity index (χ1) is 37.9. The third-order valence-corrected chi connectivity index (χ3v) is 20.3. The van der Waals surface area contributed by atoms with Crippen LogP contribution in [-0.2, 0) is 43.6 Å². The van der Waals surface area contributed by atoms with Crippen LogP contribution in [0.25, 0.3) is 0 Å². The molecule has 0 aromatic rings. The van der Waals surface area contributed by atoms with Gasteiger partial charge in [0, 0.05) is 32.1 Å². The molecule has 0 atom stereocenters. The summed E-state index contributed by atoms with van der Waals surface area (Å²) in [4.78, 5) is 0. The van der Waals surface area contributed by atoms with Crippen molar-refractivity contribution in [1.82, 2.24) is 16.0 Å². The number of hydrogen-bond acceptors (Lipinski definition) is 18. The van der Waals surface area contributed by atoms with Gasteiger partial charge in [-0.15, -0.1) is 0 Å². The molecule has 0 saturated heterocycles. The molecule has 482 valence electrons. The summed E-state index contributed by atoms with van der Waals surface area (Å²) >= 11 is 0. The predicted octanol–water partition coefficient (Wildman–Crippen LogP) is 5.38. The molecule has 0 unspecified atom stereocenters. The van der Waals surface area contributed by atoms with Gasteiger partial charge in [0.15, 0.2) is 0 Å². The van der Waals surface area contributed by atoms with E-state index < -0.39 is 152 Å². The molecule has 12 N–H and O–H groups in total. The summed E-state index contributed by atoms with van der Waals surface area (Å²) in [6, 6.07) is -0.0355.